The molecule has 2 N–H and O–H groups in total. The molecular weight excluding hydrogens is 246 g/mol. The van der Waals surface area contributed by atoms with Gasteiger partial charge in [0, 0.05) is 26.4 Å². The van der Waals surface area contributed by atoms with E-state index < -0.39 is 24.0 Å². The van der Waals surface area contributed by atoms with Crippen LogP contribution in [-0.2, 0) is 14.2 Å². The Morgan fingerprint density at radius 3 is 2.39 bits per heavy atom. The van der Waals surface area contributed by atoms with E-state index in [1.807, 2.05) is 0 Å². The Kier molecular flexibility index (Phi) is 5.28. The predicted octanol–water partition coefficient (Wildman–Crippen LogP) is 0.126. The van der Waals surface area contributed by atoms with E-state index in [2.05, 4.69) is 4.84 Å². The van der Waals surface area contributed by atoms with Crippen molar-refractivity contribution in [2.45, 2.75) is 6.10 Å². The van der Waals surface area contributed by atoms with E-state index in [1.54, 1.807) is 0 Å². The summed E-state index contributed by atoms with van der Waals surface area (Å²) in [6.07, 6.45) is -1.51. The second kappa shape index (κ2) is 6.72. The summed E-state index contributed by atoms with van der Waals surface area (Å²) in [5, 5.41) is 18.4. The second-order valence-corrected chi connectivity index (χ2v) is 3.31. The molecule has 8 heteroatoms. The van der Waals surface area contributed by atoms with Crippen molar-refractivity contribution in [2.75, 3.05) is 27.4 Å². The minimum absolute atomic E-state index is 0.0774. The highest BCUT2D eigenvalue weighted by atomic mass is 16.8. The maximum Gasteiger partial charge on any atom is 0.534 e. The molecule has 8 nitrogen and oxygen atoms in total. The van der Waals surface area contributed by atoms with Crippen molar-refractivity contribution in [2.24, 2.45) is 0 Å². The summed E-state index contributed by atoms with van der Waals surface area (Å²) in [6, 6.07) is 2.32. The molecule has 0 bridgehead atoms. The number of methoxy groups -OCH3 is 2. The van der Waals surface area contributed by atoms with Gasteiger partial charge < -0.3 is 24.4 Å². The number of rotatable bonds is 6. The van der Waals surface area contributed by atoms with Crippen molar-refractivity contribution in [3.63, 3.8) is 0 Å². The minimum Gasteiger partial charge on any atom is -0.492 e. The van der Waals surface area contributed by atoms with Crippen molar-refractivity contribution >= 4 is 6.16 Å². The first kappa shape index (κ1) is 14.1. The Labute approximate surface area is 103 Å². The second-order valence-electron chi connectivity index (χ2n) is 3.31. The van der Waals surface area contributed by atoms with Crippen molar-refractivity contribution in [1.29, 1.82) is 0 Å². The van der Waals surface area contributed by atoms with E-state index in [1.165, 1.54) is 14.2 Å². The number of hydrogen-bond acceptors (Lipinski definition) is 7. The van der Waals surface area contributed by atoms with E-state index in [0.717, 1.165) is 12.1 Å². The first-order valence-electron chi connectivity index (χ1n) is 5.05. The molecule has 1 aromatic rings. The third-order valence-corrected chi connectivity index (χ3v) is 2.04. The fraction of sp³-hybridized carbons (Fsp3) is 0.500. The number of carbonyl (C=O) groups excluding carboxylic acids is 1. The molecule has 0 aliphatic carbocycles. The van der Waals surface area contributed by atoms with Gasteiger partial charge in [-0.2, -0.15) is 0 Å². The van der Waals surface area contributed by atoms with E-state index in [4.69, 9.17) is 14.2 Å². The highest BCUT2D eigenvalue weighted by Gasteiger charge is 2.15. The van der Waals surface area contributed by atoms with Gasteiger partial charge in [-0.15, -0.1) is 4.73 Å². The lowest BCUT2D eigenvalue weighted by Gasteiger charge is -2.14. The molecule has 1 unspecified atom stereocenters. The van der Waals surface area contributed by atoms with Crippen LogP contribution >= 0.6 is 0 Å². The summed E-state index contributed by atoms with van der Waals surface area (Å²) in [5.41, 5.74) is 0. The lowest BCUT2D eigenvalue weighted by Crippen LogP contribution is -2.28. The summed E-state index contributed by atoms with van der Waals surface area (Å²) in [7, 11) is 2.93. The van der Waals surface area contributed by atoms with E-state index in [-0.39, 0.29) is 13.2 Å². The number of nitrogens with zero attached hydrogens (tertiary/aromatic N) is 1. The molecule has 0 aliphatic heterocycles. The molecular formula is C10H15NO7. The van der Waals surface area contributed by atoms with E-state index in [0.29, 0.717) is 4.73 Å². The van der Waals surface area contributed by atoms with Gasteiger partial charge in [-0.05, 0) is 0 Å². The third-order valence-electron chi connectivity index (χ3n) is 2.04. The fourth-order valence-electron chi connectivity index (χ4n) is 1.13. The Balaban J connectivity index is 2.42. The number of hydrogen-bond donors (Lipinski definition) is 2. The molecule has 0 spiro atoms. The van der Waals surface area contributed by atoms with Crippen LogP contribution in [0.3, 0.4) is 0 Å². The van der Waals surface area contributed by atoms with Gasteiger partial charge in [0.2, 0.25) is 11.8 Å². The molecule has 0 fully saturated rings. The maximum atomic E-state index is 11.3. The topological polar surface area (TPSA) is 99.4 Å². The summed E-state index contributed by atoms with van der Waals surface area (Å²) < 4.78 is 15.0. The van der Waals surface area contributed by atoms with E-state index >= 15 is 0 Å². The smallest absolute Gasteiger partial charge is 0.492 e. The average molecular weight is 261 g/mol. The van der Waals surface area contributed by atoms with Crippen molar-refractivity contribution in [1.82, 2.24) is 4.73 Å². The van der Waals surface area contributed by atoms with Gasteiger partial charge in [-0.1, -0.05) is 0 Å². The van der Waals surface area contributed by atoms with Crippen molar-refractivity contribution in [3.8, 4) is 11.8 Å². The normalized spacial score (nSPS) is 12.1. The van der Waals surface area contributed by atoms with Crippen molar-refractivity contribution < 1.29 is 34.1 Å². The molecule has 1 atom stereocenters. The van der Waals surface area contributed by atoms with Gasteiger partial charge in [0.1, 0.15) is 12.7 Å². The number of ether oxygens (including phenoxy) is 3. The predicted molar refractivity (Wildman–Crippen MR) is 58.4 cm³/mol. The molecule has 0 aromatic carbocycles. The quantitative estimate of drug-likeness (QED) is 0.702. The summed E-state index contributed by atoms with van der Waals surface area (Å²) in [6.45, 7) is 0.176. The lowest BCUT2D eigenvalue weighted by molar-refractivity contribution is -0.0318. The Morgan fingerprint density at radius 2 is 1.89 bits per heavy atom. The molecule has 102 valence electrons. The van der Waals surface area contributed by atoms with Crippen LogP contribution in [0.4, 0.5) is 4.79 Å². The first-order valence-corrected chi connectivity index (χ1v) is 5.05. The van der Waals surface area contributed by atoms with Crippen LogP contribution in [-0.4, -0.2) is 54.6 Å². The fourth-order valence-corrected chi connectivity index (χ4v) is 1.13. The average Bonchev–Trinajstić information content (AvgIpc) is 2.66. The molecule has 0 aliphatic rings. The van der Waals surface area contributed by atoms with Gasteiger partial charge >= 0.3 is 6.16 Å². The molecule has 0 amide bonds. The van der Waals surface area contributed by atoms with Crippen LogP contribution in [0.2, 0.25) is 0 Å². The van der Waals surface area contributed by atoms with Crippen LogP contribution < -0.4 is 4.84 Å². The van der Waals surface area contributed by atoms with Gasteiger partial charge in [0.05, 0.1) is 6.61 Å². The Bertz CT molecular complexity index is 370. The molecule has 0 saturated carbocycles. The molecule has 1 aromatic heterocycles. The van der Waals surface area contributed by atoms with Crippen LogP contribution in [0.5, 0.6) is 11.8 Å². The summed E-state index contributed by atoms with van der Waals surface area (Å²) >= 11 is 0. The lowest BCUT2D eigenvalue weighted by atomic mass is 10.4. The van der Waals surface area contributed by atoms with Gasteiger partial charge in [0.15, 0.2) is 0 Å². The molecule has 0 radical (unpaired) electrons. The van der Waals surface area contributed by atoms with Crippen LogP contribution in [0.25, 0.3) is 0 Å². The number of aromatic hydroxyl groups is 2. The zero-order valence-electron chi connectivity index (χ0n) is 10.0. The number of aromatic nitrogens is 1. The SMILES string of the molecule is COCC(COC(=O)On1c(O)ccc1O)OC. The highest BCUT2D eigenvalue weighted by Crippen LogP contribution is 2.18. The van der Waals surface area contributed by atoms with Gasteiger partial charge in [-0.3, -0.25) is 4.84 Å². The zero-order valence-corrected chi connectivity index (χ0v) is 10.0. The minimum atomic E-state index is -1.09. The third kappa shape index (κ3) is 3.82. The maximum absolute atomic E-state index is 11.3. The molecule has 1 rings (SSSR count). The van der Waals surface area contributed by atoms with E-state index in [9.17, 15) is 15.0 Å². The van der Waals surface area contributed by atoms with Crippen LogP contribution in [0.15, 0.2) is 12.1 Å². The zero-order chi connectivity index (χ0) is 13.5. The summed E-state index contributed by atoms with van der Waals surface area (Å²) in [4.78, 5) is 15.8. The van der Waals surface area contributed by atoms with Gasteiger partial charge in [0.25, 0.3) is 0 Å². The standard InChI is InChI=1S/C10H15NO7/c1-15-5-7(16-2)6-17-10(14)18-11-8(12)3-4-9(11)13/h3-4,7,12-13H,5-6H2,1-2H3. The molecule has 1 heterocycles. The highest BCUT2D eigenvalue weighted by molar-refractivity contribution is 5.60. The Hall–Kier alpha value is -1.93. The van der Waals surface area contributed by atoms with Crippen molar-refractivity contribution in [3.05, 3.63) is 12.1 Å². The molecule has 0 saturated heterocycles. The molecule has 18 heavy (non-hydrogen) atoms. The van der Waals surface area contributed by atoms with Crippen LogP contribution in [0, 0.1) is 0 Å². The van der Waals surface area contributed by atoms with Gasteiger partial charge in [-0.25, -0.2) is 4.79 Å². The number of carbonyl (C=O) groups is 1. The largest absolute Gasteiger partial charge is 0.534 e. The van der Waals surface area contributed by atoms with Crippen LogP contribution in [0.1, 0.15) is 0 Å². The summed E-state index contributed by atoms with van der Waals surface area (Å²) in [5.74, 6) is -0.853. The first-order chi connectivity index (χ1) is 8.58. The Morgan fingerprint density at radius 1 is 1.28 bits per heavy atom. The monoisotopic (exact) mass is 261 g/mol.